The first kappa shape index (κ1) is 32.0. The maximum absolute atomic E-state index is 7.03. The second kappa shape index (κ2) is 11.9. The summed E-state index contributed by atoms with van der Waals surface area (Å²) in [6.45, 7) is 11.0. The molecule has 4 heterocycles. The third kappa shape index (κ3) is 5.01. The Kier molecular flexibility index (Phi) is 7.08. The monoisotopic (exact) mass is 702 g/mol. The Hall–Kier alpha value is -6.66. The lowest BCUT2D eigenvalue weighted by Crippen LogP contribution is -2.12. The number of fused-ring (bicyclic) bond motifs is 7. The summed E-state index contributed by atoms with van der Waals surface area (Å²) in [6, 6.07) is 46.2. The van der Waals surface area contributed by atoms with Crippen LogP contribution in [0.3, 0.4) is 0 Å². The number of para-hydroxylation sites is 5. The zero-order chi connectivity index (χ0) is 36.7. The van der Waals surface area contributed by atoms with Crippen molar-refractivity contribution in [2.45, 2.75) is 40.0 Å². The van der Waals surface area contributed by atoms with Gasteiger partial charge < -0.3 is 9.15 Å². The maximum Gasteiger partial charge on any atom is 0.146 e. The largest absolute Gasteiger partial charge is 0.456 e. The van der Waals surface area contributed by atoms with E-state index in [0.29, 0.717) is 11.5 Å². The number of rotatable bonds is 5. The van der Waals surface area contributed by atoms with Crippen LogP contribution in [0.25, 0.3) is 77.7 Å². The van der Waals surface area contributed by atoms with E-state index in [0.717, 1.165) is 77.7 Å². The molecule has 0 N–H and O–H groups in total. The predicted molar refractivity (Wildman–Crippen MR) is 221 cm³/mol. The van der Waals surface area contributed by atoms with E-state index in [4.69, 9.17) is 19.1 Å². The third-order valence-electron chi connectivity index (χ3n) is 10.6. The molecule has 262 valence electrons. The Morgan fingerprint density at radius 1 is 0.611 bits per heavy atom. The van der Waals surface area contributed by atoms with Crippen LogP contribution in [0, 0.1) is 13.8 Å². The van der Waals surface area contributed by atoms with E-state index < -0.39 is 0 Å². The third-order valence-corrected chi connectivity index (χ3v) is 10.6. The summed E-state index contributed by atoms with van der Waals surface area (Å²) >= 11 is 0. The van der Waals surface area contributed by atoms with E-state index in [1.54, 1.807) is 0 Å². The first-order valence-corrected chi connectivity index (χ1v) is 18.4. The number of hydrogen-bond acceptors (Lipinski definition) is 4. The topological polar surface area (TPSA) is 58.0 Å². The van der Waals surface area contributed by atoms with Crippen molar-refractivity contribution in [1.29, 1.82) is 0 Å². The molecule has 0 bridgehead atoms. The van der Waals surface area contributed by atoms with Crippen molar-refractivity contribution in [2.24, 2.45) is 0 Å². The number of hydrogen-bond donors (Lipinski definition) is 0. The van der Waals surface area contributed by atoms with Crippen molar-refractivity contribution in [3.63, 3.8) is 0 Å². The van der Waals surface area contributed by atoms with Gasteiger partial charge in [0.15, 0.2) is 0 Å². The SMILES string of the molecule is Cc1cccc(C)c1-n1c(-c2cc(Oc3ccc4c5ccccc5n(-c5cc(C(C)(C)C)ccn5)c4c3)c3c(c2)oc2ccccc23)nc2ccccc21. The molecule has 0 fully saturated rings. The lowest BCUT2D eigenvalue weighted by atomic mass is 9.88. The summed E-state index contributed by atoms with van der Waals surface area (Å²) < 4.78 is 18.1. The van der Waals surface area contributed by atoms with E-state index in [1.165, 1.54) is 16.7 Å². The fraction of sp³-hybridized carbons (Fsp3) is 0.125. The predicted octanol–water partition coefficient (Wildman–Crippen LogP) is 12.8. The highest BCUT2D eigenvalue weighted by Crippen LogP contribution is 2.43. The van der Waals surface area contributed by atoms with Gasteiger partial charge >= 0.3 is 0 Å². The van der Waals surface area contributed by atoms with Gasteiger partial charge in [0, 0.05) is 34.0 Å². The number of furan rings is 1. The molecule has 0 aliphatic rings. The lowest BCUT2D eigenvalue weighted by molar-refractivity contribution is 0.489. The standard InChI is InChI=1S/C48H38N4O2/c1-29-13-12-14-30(2)46(29)52-39-19-10-8-17-37(39)50-47(52)31-25-42(45-36-16-7-11-20-41(36)54-43(45)26-31)53-33-21-22-35-34-15-6-9-18-38(34)51(40(35)28-33)44-27-32(23-24-49-44)48(3,4)5/h6-28H,1-5H3. The average Bonchev–Trinajstić information content (AvgIpc) is 3.84. The minimum Gasteiger partial charge on any atom is -0.456 e. The van der Waals surface area contributed by atoms with Gasteiger partial charge in [0.05, 0.1) is 33.1 Å². The normalized spacial score (nSPS) is 12.2. The van der Waals surface area contributed by atoms with Crippen molar-refractivity contribution < 1.29 is 9.15 Å². The quantitative estimate of drug-likeness (QED) is 0.179. The Morgan fingerprint density at radius 3 is 2.15 bits per heavy atom. The Bertz CT molecular complexity index is 3080. The molecule has 0 aliphatic carbocycles. The Morgan fingerprint density at radius 2 is 1.33 bits per heavy atom. The molecule has 0 spiro atoms. The molecule has 0 saturated heterocycles. The summed E-state index contributed by atoms with van der Waals surface area (Å²) in [6.07, 6.45) is 1.91. The minimum atomic E-state index is -0.0209. The summed E-state index contributed by atoms with van der Waals surface area (Å²) in [4.78, 5) is 10.1. The first-order chi connectivity index (χ1) is 26.2. The van der Waals surface area contributed by atoms with Gasteiger partial charge in [-0.05, 0) is 96.6 Å². The van der Waals surface area contributed by atoms with Crippen LogP contribution >= 0.6 is 0 Å². The second-order valence-corrected chi connectivity index (χ2v) is 15.2. The van der Waals surface area contributed by atoms with Gasteiger partial charge in [-0.1, -0.05) is 87.5 Å². The molecule has 6 aromatic carbocycles. The molecule has 0 aliphatic heterocycles. The highest BCUT2D eigenvalue weighted by Gasteiger charge is 2.23. The molecule has 0 unspecified atom stereocenters. The first-order valence-electron chi connectivity index (χ1n) is 18.4. The molecule has 0 saturated carbocycles. The van der Waals surface area contributed by atoms with Crippen molar-refractivity contribution in [3.05, 3.63) is 156 Å². The zero-order valence-corrected chi connectivity index (χ0v) is 30.9. The molecular formula is C48H38N4O2. The van der Waals surface area contributed by atoms with Gasteiger partial charge in [0.2, 0.25) is 0 Å². The van der Waals surface area contributed by atoms with Crippen LogP contribution in [0.15, 0.2) is 144 Å². The zero-order valence-electron chi connectivity index (χ0n) is 30.9. The maximum atomic E-state index is 7.03. The molecule has 0 radical (unpaired) electrons. The number of benzene rings is 6. The van der Waals surface area contributed by atoms with Crippen molar-refractivity contribution in [3.8, 4) is 34.4 Å². The van der Waals surface area contributed by atoms with Crippen molar-refractivity contribution in [2.75, 3.05) is 0 Å². The molecule has 0 atom stereocenters. The molecular weight excluding hydrogens is 665 g/mol. The van der Waals surface area contributed by atoms with Crippen LogP contribution in [0.2, 0.25) is 0 Å². The Balaban J connectivity index is 1.20. The number of nitrogens with zero attached hydrogens (tertiary/aromatic N) is 4. The van der Waals surface area contributed by atoms with Gasteiger partial charge in [0.25, 0.3) is 0 Å². The molecule has 6 nitrogen and oxygen atoms in total. The van der Waals surface area contributed by atoms with E-state index in [9.17, 15) is 0 Å². The van der Waals surface area contributed by atoms with Crippen LogP contribution < -0.4 is 4.74 Å². The number of aromatic nitrogens is 4. The van der Waals surface area contributed by atoms with Gasteiger partial charge in [-0.15, -0.1) is 0 Å². The Labute approximate surface area is 312 Å². The number of imidazole rings is 1. The van der Waals surface area contributed by atoms with Crippen LogP contribution in [-0.4, -0.2) is 19.1 Å². The van der Waals surface area contributed by atoms with Crippen molar-refractivity contribution >= 4 is 54.8 Å². The van der Waals surface area contributed by atoms with Crippen LogP contribution in [0.1, 0.15) is 37.5 Å². The van der Waals surface area contributed by atoms with Gasteiger partial charge in [-0.3, -0.25) is 9.13 Å². The van der Waals surface area contributed by atoms with Crippen LogP contribution in [0.5, 0.6) is 11.5 Å². The highest BCUT2D eigenvalue weighted by atomic mass is 16.5. The summed E-state index contributed by atoms with van der Waals surface area (Å²) in [7, 11) is 0. The number of ether oxygens (including phenoxy) is 1. The van der Waals surface area contributed by atoms with Gasteiger partial charge in [-0.2, -0.15) is 0 Å². The molecule has 10 rings (SSSR count). The minimum absolute atomic E-state index is 0.0209. The van der Waals surface area contributed by atoms with Gasteiger partial charge in [0.1, 0.15) is 34.3 Å². The average molecular weight is 703 g/mol. The van der Waals surface area contributed by atoms with E-state index in [2.05, 4.69) is 153 Å². The molecule has 54 heavy (non-hydrogen) atoms. The summed E-state index contributed by atoms with van der Waals surface area (Å²) in [5.41, 5.74) is 11.2. The smallest absolute Gasteiger partial charge is 0.146 e. The molecule has 4 aromatic heterocycles. The van der Waals surface area contributed by atoms with Gasteiger partial charge in [-0.25, -0.2) is 9.97 Å². The molecule has 10 aromatic rings. The van der Waals surface area contributed by atoms with E-state index >= 15 is 0 Å². The lowest BCUT2D eigenvalue weighted by Gasteiger charge is -2.20. The highest BCUT2D eigenvalue weighted by molar-refractivity contribution is 6.11. The molecule has 0 amide bonds. The van der Waals surface area contributed by atoms with Crippen LogP contribution in [-0.2, 0) is 5.41 Å². The van der Waals surface area contributed by atoms with Crippen molar-refractivity contribution in [1.82, 2.24) is 19.1 Å². The second-order valence-electron chi connectivity index (χ2n) is 15.2. The summed E-state index contributed by atoms with van der Waals surface area (Å²) in [5.74, 6) is 3.11. The fourth-order valence-corrected chi connectivity index (χ4v) is 8.03. The summed E-state index contributed by atoms with van der Waals surface area (Å²) in [5, 5.41) is 4.22. The molecule has 6 heteroatoms. The van der Waals surface area contributed by atoms with Crippen LogP contribution in [0.4, 0.5) is 0 Å². The fourth-order valence-electron chi connectivity index (χ4n) is 8.03. The van der Waals surface area contributed by atoms with E-state index in [1.807, 2.05) is 30.5 Å². The number of aryl methyl sites for hydroxylation is 2. The number of pyridine rings is 1. The van der Waals surface area contributed by atoms with E-state index in [-0.39, 0.29) is 5.41 Å².